The highest BCUT2D eigenvalue weighted by atomic mass is 32.2. The monoisotopic (exact) mass is 482 g/mol. The Labute approximate surface area is 196 Å². The largest absolute Gasteiger partial charge is 0.493 e. The lowest BCUT2D eigenvalue weighted by Crippen LogP contribution is -2.18. The normalized spacial score (nSPS) is 11.4. The number of aromatic nitrogens is 1. The maximum Gasteiger partial charge on any atom is 0.244 e. The van der Waals surface area contributed by atoms with Gasteiger partial charge in [0, 0.05) is 34.4 Å². The van der Waals surface area contributed by atoms with Crippen LogP contribution >= 0.6 is 0 Å². The van der Waals surface area contributed by atoms with Crippen molar-refractivity contribution in [1.82, 2.24) is 4.57 Å². The van der Waals surface area contributed by atoms with Crippen molar-refractivity contribution in [2.24, 2.45) is 0 Å². The number of ether oxygens (including phenoxy) is 2. The van der Waals surface area contributed by atoms with E-state index in [2.05, 4.69) is 5.32 Å². The molecule has 7 nitrogen and oxygen atoms in total. The quantitative estimate of drug-likeness (QED) is 0.402. The van der Waals surface area contributed by atoms with Crippen LogP contribution in [0.1, 0.15) is 5.56 Å². The van der Waals surface area contributed by atoms with Crippen molar-refractivity contribution in [2.75, 3.05) is 19.5 Å². The first-order chi connectivity index (χ1) is 16.3. The second-order valence-electron chi connectivity index (χ2n) is 7.61. The number of para-hydroxylation sites is 1. The number of carbonyl (C=O) groups excluding carboxylic acids is 1. The number of methoxy groups -OCH3 is 2. The molecule has 0 radical (unpaired) electrons. The number of sulfone groups is 1. The third kappa shape index (κ3) is 4.74. The molecule has 0 atom stereocenters. The van der Waals surface area contributed by atoms with E-state index in [4.69, 9.17) is 9.47 Å². The first kappa shape index (κ1) is 23.3. The fourth-order valence-corrected chi connectivity index (χ4v) is 5.35. The van der Waals surface area contributed by atoms with Crippen molar-refractivity contribution >= 4 is 32.3 Å². The Morgan fingerprint density at radius 1 is 0.971 bits per heavy atom. The van der Waals surface area contributed by atoms with Gasteiger partial charge in [0.2, 0.25) is 5.91 Å². The second kappa shape index (κ2) is 9.56. The van der Waals surface area contributed by atoms with E-state index in [-0.39, 0.29) is 22.9 Å². The van der Waals surface area contributed by atoms with Gasteiger partial charge in [0.15, 0.2) is 21.3 Å². The maximum absolute atomic E-state index is 14.1. The van der Waals surface area contributed by atoms with Crippen LogP contribution in [0.15, 0.2) is 77.8 Å². The number of benzene rings is 3. The van der Waals surface area contributed by atoms with Crippen LogP contribution in [0.25, 0.3) is 10.9 Å². The van der Waals surface area contributed by atoms with Crippen LogP contribution in [0, 0.1) is 5.82 Å². The summed E-state index contributed by atoms with van der Waals surface area (Å²) in [6.45, 7) is -0.121. The molecular weight excluding hydrogens is 459 g/mol. The van der Waals surface area contributed by atoms with Gasteiger partial charge in [0.1, 0.15) is 12.4 Å². The number of hydrogen-bond acceptors (Lipinski definition) is 5. The van der Waals surface area contributed by atoms with Gasteiger partial charge >= 0.3 is 0 Å². The molecule has 0 aliphatic heterocycles. The van der Waals surface area contributed by atoms with Crippen LogP contribution in [-0.4, -0.2) is 33.1 Å². The molecule has 0 aliphatic rings. The lowest BCUT2D eigenvalue weighted by atomic mass is 10.2. The standard InChI is InChI=1S/C25H23FN2O5S/c1-32-22-12-11-18(13-23(22)33-2)27-25(29)15-28-14-24(19-8-4-6-10-21(19)28)34(30,31)16-17-7-3-5-9-20(17)26/h3-14H,15-16H2,1-2H3,(H,27,29). The Kier molecular flexibility index (Phi) is 6.56. The van der Waals surface area contributed by atoms with Crippen LogP contribution < -0.4 is 14.8 Å². The molecule has 0 fully saturated rings. The van der Waals surface area contributed by atoms with Gasteiger partial charge in [-0.3, -0.25) is 4.79 Å². The average Bonchev–Trinajstić information content (AvgIpc) is 3.19. The van der Waals surface area contributed by atoms with Crippen molar-refractivity contribution in [3.63, 3.8) is 0 Å². The number of halogens is 1. The summed E-state index contributed by atoms with van der Waals surface area (Å²) in [7, 11) is -0.858. The number of nitrogens with zero attached hydrogens (tertiary/aromatic N) is 1. The smallest absolute Gasteiger partial charge is 0.244 e. The molecule has 1 heterocycles. The molecule has 34 heavy (non-hydrogen) atoms. The first-order valence-electron chi connectivity index (χ1n) is 10.4. The summed E-state index contributed by atoms with van der Waals surface area (Å²) in [5.74, 6) is -0.420. The number of nitrogens with one attached hydrogen (secondary N) is 1. The molecule has 176 valence electrons. The SMILES string of the molecule is COc1ccc(NC(=O)Cn2cc(S(=O)(=O)Cc3ccccc3F)c3ccccc32)cc1OC. The minimum absolute atomic E-state index is 0.0465. The summed E-state index contributed by atoms with van der Waals surface area (Å²) in [6.07, 6.45) is 1.43. The van der Waals surface area contributed by atoms with Crippen LogP contribution in [-0.2, 0) is 26.9 Å². The van der Waals surface area contributed by atoms with Gasteiger partial charge in [-0.25, -0.2) is 12.8 Å². The maximum atomic E-state index is 14.1. The van der Waals surface area contributed by atoms with Gasteiger partial charge in [0.05, 0.1) is 24.9 Å². The highest BCUT2D eigenvalue weighted by molar-refractivity contribution is 7.90. The molecule has 1 N–H and O–H groups in total. The van der Waals surface area contributed by atoms with Crippen molar-refractivity contribution in [3.05, 3.63) is 84.3 Å². The van der Waals surface area contributed by atoms with Crippen LogP contribution in [0.3, 0.4) is 0 Å². The van der Waals surface area contributed by atoms with E-state index in [1.165, 1.54) is 38.6 Å². The zero-order valence-electron chi connectivity index (χ0n) is 18.6. The highest BCUT2D eigenvalue weighted by Gasteiger charge is 2.23. The summed E-state index contributed by atoms with van der Waals surface area (Å²) >= 11 is 0. The lowest BCUT2D eigenvalue weighted by Gasteiger charge is -2.11. The molecule has 4 aromatic rings. The molecule has 3 aromatic carbocycles. The first-order valence-corrected chi connectivity index (χ1v) is 12.0. The molecule has 0 saturated carbocycles. The minimum atomic E-state index is -3.88. The van der Waals surface area contributed by atoms with Gasteiger partial charge in [0.25, 0.3) is 0 Å². The minimum Gasteiger partial charge on any atom is -0.493 e. The molecule has 9 heteroatoms. The van der Waals surface area contributed by atoms with Crippen LogP contribution in [0.4, 0.5) is 10.1 Å². The molecule has 0 saturated heterocycles. The summed E-state index contributed by atoms with van der Waals surface area (Å²) in [6, 6.07) is 17.7. The van der Waals surface area contributed by atoms with Crippen molar-refractivity contribution in [1.29, 1.82) is 0 Å². The van der Waals surface area contributed by atoms with Crippen molar-refractivity contribution < 1.29 is 27.1 Å². The third-order valence-corrected chi connectivity index (χ3v) is 7.06. The van der Waals surface area contributed by atoms with E-state index in [0.29, 0.717) is 28.1 Å². The fraction of sp³-hybridized carbons (Fsp3) is 0.160. The van der Waals surface area contributed by atoms with E-state index in [9.17, 15) is 17.6 Å². The van der Waals surface area contributed by atoms with Gasteiger partial charge in [-0.1, -0.05) is 36.4 Å². The van der Waals surface area contributed by atoms with E-state index in [1.54, 1.807) is 53.1 Å². The Bertz CT molecular complexity index is 1460. The fourth-order valence-electron chi connectivity index (χ4n) is 3.76. The second-order valence-corrected chi connectivity index (χ2v) is 9.56. The molecule has 0 bridgehead atoms. The predicted molar refractivity (Wildman–Crippen MR) is 127 cm³/mol. The number of amides is 1. The van der Waals surface area contributed by atoms with Gasteiger partial charge in [-0.2, -0.15) is 0 Å². The zero-order chi connectivity index (χ0) is 24.3. The Hall–Kier alpha value is -3.85. The number of fused-ring (bicyclic) bond motifs is 1. The molecule has 0 unspecified atom stereocenters. The lowest BCUT2D eigenvalue weighted by molar-refractivity contribution is -0.116. The number of hydrogen-bond donors (Lipinski definition) is 1. The number of anilines is 1. The average molecular weight is 483 g/mol. The Morgan fingerprint density at radius 3 is 2.41 bits per heavy atom. The Morgan fingerprint density at radius 2 is 1.68 bits per heavy atom. The van der Waals surface area contributed by atoms with E-state index in [1.807, 2.05) is 0 Å². The van der Waals surface area contributed by atoms with Gasteiger partial charge in [-0.05, 0) is 24.3 Å². The molecule has 1 amide bonds. The van der Waals surface area contributed by atoms with Crippen molar-refractivity contribution in [3.8, 4) is 11.5 Å². The van der Waals surface area contributed by atoms with Crippen LogP contribution in [0.5, 0.6) is 11.5 Å². The molecular formula is C25H23FN2O5S. The summed E-state index contributed by atoms with van der Waals surface area (Å²) in [4.78, 5) is 12.8. The van der Waals surface area contributed by atoms with Gasteiger partial charge in [-0.15, -0.1) is 0 Å². The molecule has 0 spiro atoms. The van der Waals surface area contributed by atoms with E-state index >= 15 is 0 Å². The zero-order valence-corrected chi connectivity index (χ0v) is 19.4. The summed E-state index contributed by atoms with van der Waals surface area (Å²) in [5.41, 5.74) is 1.18. The summed E-state index contributed by atoms with van der Waals surface area (Å²) in [5, 5.41) is 3.25. The molecule has 0 aliphatic carbocycles. The van der Waals surface area contributed by atoms with Gasteiger partial charge < -0.3 is 19.4 Å². The molecule has 1 aromatic heterocycles. The van der Waals surface area contributed by atoms with Crippen molar-refractivity contribution in [2.45, 2.75) is 17.2 Å². The predicted octanol–water partition coefficient (Wildman–Crippen LogP) is 4.41. The van der Waals surface area contributed by atoms with E-state index < -0.39 is 21.4 Å². The van der Waals surface area contributed by atoms with Crippen LogP contribution in [0.2, 0.25) is 0 Å². The van der Waals surface area contributed by atoms with E-state index in [0.717, 1.165) is 0 Å². The third-order valence-electron chi connectivity index (χ3n) is 5.37. The highest BCUT2D eigenvalue weighted by Crippen LogP contribution is 2.31. The summed E-state index contributed by atoms with van der Waals surface area (Å²) < 4.78 is 52.5. The topological polar surface area (TPSA) is 86.6 Å². The Balaban J connectivity index is 1.62. The number of carbonyl (C=O) groups is 1. The molecule has 4 rings (SSSR count). The number of rotatable bonds is 8.